The first-order valence-corrected chi connectivity index (χ1v) is 12.5. The molecule has 0 heterocycles. The lowest BCUT2D eigenvalue weighted by Crippen LogP contribution is -2.30. The van der Waals surface area contributed by atoms with Crippen molar-refractivity contribution >= 4 is 12.4 Å². The van der Waals surface area contributed by atoms with E-state index in [0.717, 1.165) is 76.2 Å². The molecule has 0 fully saturated rings. The number of nitrogens with two attached hydrogens (primary N) is 2. The highest BCUT2D eigenvalue weighted by Gasteiger charge is 2.05. The minimum absolute atomic E-state index is 0.253. The summed E-state index contributed by atoms with van der Waals surface area (Å²) in [5.74, 6) is 0. The quantitative estimate of drug-likeness (QED) is 0.161. The van der Waals surface area contributed by atoms with E-state index in [1.165, 1.54) is 5.56 Å². The third-order valence-corrected chi connectivity index (χ3v) is 5.36. The van der Waals surface area contributed by atoms with E-state index in [-0.39, 0.29) is 6.04 Å². The summed E-state index contributed by atoms with van der Waals surface area (Å²) in [5, 5.41) is 10.2. The predicted octanol–water partition coefficient (Wildman–Crippen LogP) is 1.95. The van der Waals surface area contributed by atoms with Crippen molar-refractivity contribution in [2.24, 2.45) is 21.5 Å². The highest BCUT2D eigenvalue weighted by atomic mass is 14.9. The van der Waals surface area contributed by atoms with Crippen LogP contribution in [0.3, 0.4) is 0 Å². The Labute approximate surface area is 205 Å². The molecule has 0 aliphatic rings. The van der Waals surface area contributed by atoms with Gasteiger partial charge in [0.2, 0.25) is 0 Å². The summed E-state index contributed by atoms with van der Waals surface area (Å²) in [7, 11) is 0. The highest BCUT2D eigenvalue weighted by molar-refractivity contribution is 5.84. The lowest BCUT2D eigenvalue weighted by molar-refractivity contribution is 0.513. The first-order chi connectivity index (χ1) is 16.8. The number of nitrogens with one attached hydrogen (secondary N) is 3. The number of rotatable bonds is 19. The molecule has 1 atom stereocenters. The van der Waals surface area contributed by atoms with Gasteiger partial charge in [0.1, 0.15) is 0 Å². The maximum absolute atomic E-state index is 5.63. The number of benzene rings is 2. The minimum Gasteiger partial charge on any atom is -0.329 e. The summed E-state index contributed by atoms with van der Waals surface area (Å²) >= 11 is 0. The maximum Gasteiger partial charge on any atom is 0.0624 e. The van der Waals surface area contributed by atoms with Gasteiger partial charge in [-0.05, 0) is 36.1 Å². The molecule has 0 saturated carbocycles. The molecule has 0 aliphatic carbocycles. The summed E-state index contributed by atoms with van der Waals surface area (Å²) in [6.45, 7) is 7.35. The van der Waals surface area contributed by atoms with Gasteiger partial charge in [-0.15, -0.1) is 0 Å². The van der Waals surface area contributed by atoms with E-state index in [0.29, 0.717) is 13.1 Å². The van der Waals surface area contributed by atoms with Gasteiger partial charge in [-0.2, -0.15) is 0 Å². The van der Waals surface area contributed by atoms with Gasteiger partial charge in [-0.25, -0.2) is 0 Å². The van der Waals surface area contributed by atoms with E-state index in [9.17, 15) is 0 Å². The van der Waals surface area contributed by atoms with Crippen LogP contribution >= 0.6 is 0 Å². The molecule has 186 valence electrons. The summed E-state index contributed by atoms with van der Waals surface area (Å²) < 4.78 is 0. The molecule has 2 rings (SSSR count). The van der Waals surface area contributed by atoms with E-state index >= 15 is 0 Å². The van der Waals surface area contributed by atoms with Crippen LogP contribution in [-0.4, -0.2) is 70.8 Å². The monoisotopic (exact) mass is 465 g/mol. The predicted molar refractivity (Wildman–Crippen MR) is 146 cm³/mol. The topological polar surface area (TPSA) is 113 Å². The first-order valence-electron chi connectivity index (χ1n) is 12.5. The molecule has 7 heteroatoms. The van der Waals surface area contributed by atoms with Gasteiger partial charge < -0.3 is 27.4 Å². The van der Waals surface area contributed by atoms with E-state index in [1.807, 2.05) is 12.4 Å². The summed E-state index contributed by atoms with van der Waals surface area (Å²) in [4.78, 5) is 9.31. The van der Waals surface area contributed by atoms with Gasteiger partial charge in [0, 0.05) is 58.2 Å². The molecule has 0 bridgehead atoms. The van der Waals surface area contributed by atoms with Crippen LogP contribution in [0.15, 0.2) is 64.6 Å². The SMILES string of the molecule is NCCNCCN=Cc1ccc(C=NC(CCCCNCc2ccccc2)CNCCN)cc1. The van der Waals surface area contributed by atoms with Crippen molar-refractivity contribution in [1.29, 1.82) is 0 Å². The molecular formula is C27H43N7. The average molecular weight is 466 g/mol. The molecule has 34 heavy (non-hydrogen) atoms. The third-order valence-electron chi connectivity index (χ3n) is 5.36. The van der Waals surface area contributed by atoms with Crippen molar-refractivity contribution in [3.8, 4) is 0 Å². The van der Waals surface area contributed by atoms with Gasteiger partial charge in [-0.1, -0.05) is 61.0 Å². The maximum atomic E-state index is 5.63. The van der Waals surface area contributed by atoms with Crippen LogP contribution in [-0.2, 0) is 6.54 Å². The number of hydrogen-bond donors (Lipinski definition) is 5. The molecule has 7 N–H and O–H groups in total. The smallest absolute Gasteiger partial charge is 0.0624 e. The van der Waals surface area contributed by atoms with Crippen molar-refractivity contribution in [3.05, 3.63) is 71.3 Å². The van der Waals surface area contributed by atoms with Crippen LogP contribution in [0.1, 0.15) is 36.0 Å². The molecule has 7 nitrogen and oxygen atoms in total. The Morgan fingerprint density at radius 2 is 1.44 bits per heavy atom. The van der Waals surface area contributed by atoms with E-state index < -0.39 is 0 Å². The molecule has 0 spiro atoms. The van der Waals surface area contributed by atoms with Gasteiger partial charge in [0.05, 0.1) is 12.6 Å². The van der Waals surface area contributed by atoms with Crippen molar-refractivity contribution in [2.75, 3.05) is 52.4 Å². The Kier molecular flexibility index (Phi) is 15.5. The molecule has 2 aromatic rings. The second kappa shape index (κ2) is 18.9. The zero-order valence-electron chi connectivity index (χ0n) is 20.5. The largest absolute Gasteiger partial charge is 0.329 e. The van der Waals surface area contributed by atoms with E-state index in [1.54, 1.807) is 0 Å². The number of hydrogen-bond acceptors (Lipinski definition) is 7. The minimum atomic E-state index is 0.253. The molecule has 1 unspecified atom stereocenters. The zero-order valence-corrected chi connectivity index (χ0v) is 20.5. The van der Waals surface area contributed by atoms with E-state index in [2.05, 4.69) is 75.5 Å². The molecule has 0 aliphatic heterocycles. The highest BCUT2D eigenvalue weighted by Crippen LogP contribution is 2.07. The molecule has 0 saturated heterocycles. The van der Waals surface area contributed by atoms with Crippen LogP contribution in [0.2, 0.25) is 0 Å². The van der Waals surface area contributed by atoms with Crippen LogP contribution in [0, 0.1) is 0 Å². The van der Waals surface area contributed by atoms with Crippen molar-refractivity contribution in [1.82, 2.24) is 16.0 Å². The van der Waals surface area contributed by atoms with Crippen molar-refractivity contribution in [2.45, 2.75) is 31.8 Å². The van der Waals surface area contributed by atoms with Crippen LogP contribution in [0.5, 0.6) is 0 Å². The Hall–Kier alpha value is -2.42. The van der Waals surface area contributed by atoms with Crippen molar-refractivity contribution in [3.63, 3.8) is 0 Å². The second-order valence-electron chi connectivity index (χ2n) is 8.32. The Balaban J connectivity index is 1.72. The first kappa shape index (κ1) is 27.8. The van der Waals surface area contributed by atoms with Gasteiger partial charge >= 0.3 is 0 Å². The molecule has 2 aromatic carbocycles. The Morgan fingerprint density at radius 1 is 0.735 bits per heavy atom. The van der Waals surface area contributed by atoms with Gasteiger partial charge in [0.25, 0.3) is 0 Å². The summed E-state index contributed by atoms with van der Waals surface area (Å²) in [6.07, 6.45) is 7.25. The Morgan fingerprint density at radius 3 is 2.18 bits per heavy atom. The van der Waals surface area contributed by atoms with Crippen molar-refractivity contribution < 1.29 is 0 Å². The number of nitrogens with zero attached hydrogens (tertiary/aromatic N) is 2. The van der Waals surface area contributed by atoms with Gasteiger partial charge in [-0.3, -0.25) is 9.98 Å². The van der Waals surface area contributed by atoms with Crippen LogP contribution < -0.4 is 27.4 Å². The zero-order chi connectivity index (χ0) is 24.1. The normalized spacial score (nSPS) is 12.6. The Bertz CT molecular complexity index is 790. The summed E-state index contributed by atoms with van der Waals surface area (Å²) in [5.41, 5.74) is 14.6. The van der Waals surface area contributed by atoms with Gasteiger partial charge in [0.15, 0.2) is 0 Å². The standard InChI is InChI=1S/C27H43N7/c28-13-16-30-18-19-33-21-25-9-11-26(12-10-25)22-34-27(23-32-17-14-29)8-4-5-15-31-20-24-6-2-1-3-7-24/h1-3,6-7,9-12,21-22,27,30-32H,4-5,8,13-20,23,28-29H2. The van der Waals surface area contributed by atoms with Crippen LogP contribution in [0.25, 0.3) is 0 Å². The molecule has 0 amide bonds. The summed E-state index contributed by atoms with van der Waals surface area (Å²) in [6, 6.07) is 19.1. The molecular weight excluding hydrogens is 422 g/mol. The number of aliphatic imine (C=N–C) groups is 2. The molecule has 0 radical (unpaired) electrons. The molecule has 0 aromatic heterocycles. The van der Waals surface area contributed by atoms with Crippen LogP contribution in [0.4, 0.5) is 0 Å². The second-order valence-corrected chi connectivity index (χ2v) is 8.32. The van der Waals surface area contributed by atoms with E-state index in [4.69, 9.17) is 16.5 Å². The average Bonchev–Trinajstić information content (AvgIpc) is 2.87. The lowest BCUT2D eigenvalue weighted by Gasteiger charge is -2.13. The fraction of sp³-hybridized carbons (Fsp3) is 0.481. The number of unbranched alkanes of at least 4 members (excludes halogenated alkanes) is 1. The third kappa shape index (κ3) is 13.3. The fourth-order valence-corrected chi connectivity index (χ4v) is 3.46. The lowest BCUT2D eigenvalue weighted by atomic mass is 10.1. The fourth-order valence-electron chi connectivity index (χ4n) is 3.46.